The quantitative estimate of drug-likeness (QED) is 0.569. The summed E-state index contributed by atoms with van der Waals surface area (Å²) >= 11 is 0. The zero-order valence-electron chi connectivity index (χ0n) is 19.6. The number of nitrogens with zero attached hydrogens (tertiary/aromatic N) is 6. The highest BCUT2D eigenvalue weighted by Crippen LogP contribution is 2.20. The fourth-order valence-electron chi connectivity index (χ4n) is 4.00. The topological polar surface area (TPSA) is 105 Å². The maximum absolute atomic E-state index is 13.4. The number of aromatic nitrogens is 4. The van der Waals surface area contributed by atoms with Gasteiger partial charge in [0.2, 0.25) is 11.9 Å². The highest BCUT2D eigenvalue weighted by Gasteiger charge is 2.32. The number of methoxy groups -OCH3 is 1. The zero-order valence-corrected chi connectivity index (χ0v) is 19.6. The summed E-state index contributed by atoms with van der Waals surface area (Å²) in [4.78, 5) is 30.1. The number of carbonyl (C=O) groups is 2. The van der Waals surface area contributed by atoms with Crippen LogP contribution in [0.3, 0.4) is 0 Å². The summed E-state index contributed by atoms with van der Waals surface area (Å²) in [5.41, 5.74) is 1.28. The first-order chi connectivity index (χ1) is 16.5. The van der Waals surface area contributed by atoms with Gasteiger partial charge in [-0.05, 0) is 40.6 Å². The van der Waals surface area contributed by atoms with Crippen LogP contribution >= 0.6 is 0 Å². The van der Waals surface area contributed by atoms with Crippen LogP contribution in [0.5, 0.6) is 5.75 Å². The Hall–Kier alpha value is -3.95. The second-order valence-electron chi connectivity index (χ2n) is 8.43. The van der Waals surface area contributed by atoms with E-state index in [0.29, 0.717) is 43.4 Å². The van der Waals surface area contributed by atoms with Crippen molar-refractivity contribution in [2.75, 3.05) is 38.2 Å². The molecule has 2 aromatic carbocycles. The zero-order chi connectivity index (χ0) is 24.1. The number of benzene rings is 2. The molecule has 4 rings (SSSR count). The molecule has 2 heterocycles. The number of carbonyl (C=O) groups excluding carboxylic acids is 2. The molecule has 178 valence electrons. The molecule has 1 aromatic heterocycles. The monoisotopic (exact) mass is 463 g/mol. The molecule has 1 N–H and O–H groups in total. The molecule has 10 nitrogen and oxygen atoms in total. The van der Waals surface area contributed by atoms with Crippen molar-refractivity contribution in [3.63, 3.8) is 0 Å². The average Bonchev–Trinajstić information content (AvgIpc) is 3.37. The van der Waals surface area contributed by atoms with E-state index in [1.54, 1.807) is 33.8 Å². The van der Waals surface area contributed by atoms with Gasteiger partial charge in [-0.25, -0.2) is 0 Å². The van der Waals surface area contributed by atoms with Crippen LogP contribution in [-0.2, 0) is 4.79 Å². The van der Waals surface area contributed by atoms with Gasteiger partial charge in [0, 0.05) is 26.2 Å². The molecule has 1 aliphatic heterocycles. The fourth-order valence-corrected chi connectivity index (χ4v) is 4.00. The van der Waals surface area contributed by atoms with Crippen molar-refractivity contribution in [1.82, 2.24) is 30.4 Å². The number of anilines is 1. The molecule has 1 unspecified atom stereocenters. The summed E-state index contributed by atoms with van der Waals surface area (Å²) in [6.45, 7) is 6.04. The van der Waals surface area contributed by atoms with E-state index < -0.39 is 6.04 Å². The lowest BCUT2D eigenvalue weighted by Gasteiger charge is -2.37. The minimum Gasteiger partial charge on any atom is -0.496 e. The van der Waals surface area contributed by atoms with E-state index in [4.69, 9.17) is 4.74 Å². The van der Waals surface area contributed by atoms with E-state index in [0.717, 1.165) is 5.69 Å². The number of amides is 2. The SMILES string of the molecule is COc1ccccc1C(=O)NC(C(=O)N1CCN(c2nnnn2-c2ccccc2)CC1)C(C)C. The third-order valence-electron chi connectivity index (χ3n) is 5.90. The van der Waals surface area contributed by atoms with Crippen LogP contribution in [-0.4, -0.2) is 76.3 Å². The Bertz CT molecular complexity index is 1120. The van der Waals surface area contributed by atoms with Crippen LogP contribution in [0.2, 0.25) is 0 Å². The molecule has 3 aromatic rings. The number of hydrogen-bond donors (Lipinski definition) is 1. The van der Waals surface area contributed by atoms with Gasteiger partial charge >= 0.3 is 0 Å². The molecule has 0 radical (unpaired) electrons. The number of hydrogen-bond acceptors (Lipinski definition) is 7. The van der Waals surface area contributed by atoms with Crippen molar-refractivity contribution >= 4 is 17.8 Å². The second-order valence-corrected chi connectivity index (χ2v) is 8.43. The van der Waals surface area contributed by atoms with Crippen molar-refractivity contribution < 1.29 is 14.3 Å². The third-order valence-corrected chi connectivity index (χ3v) is 5.90. The first-order valence-corrected chi connectivity index (χ1v) is 11.3. The standard InChI is InChI=1S/C24H29N7O3/c1-17(2)21(25-22(32)19-11-7-8-12-20(19)34-3)23(33)29-13-15-30(16-14-29)24-26-27-28-31(24)18-9-5-4-6-10-18/h4-12,17,21H,13-16H2,1-3H3,(H,25,32). The molecule has 0 spiro atoms. The largest absolute Gasteiger partial charge is 0.496 e. The van der Waals surface area contributed by atoms with Crippen molar-refractivity contribution in [2.24, 2.45) is 5.92 Å². The average molecular weight is 464 g/mol. The van der Waals surface area contributed by atoms with Crippen LogP contribution in [0.1, 0.15) is 24.2 Å². The Labute approximate surface area is 198 Å². The van der Waals surface area contributed by atoms with Crippen molar-refractivity contribution in [3.8, 4) is 11.4 Å². The molecule has 1 aliphatic rings. The molecule has 0 aliphatic carbocycles. The number of para-hydroxylation sites is 2. The minimum absolute atomic E-state index is 0.0745. The van der Waals surface area contributed by atoms with E-state index in [9.17, 15) is 9.59 Å². The van der Waals surface area contributed by atoms with Crippen molar-refractivity contribution in [3.05, 3.63) is 60.2 Å². The van der Waals surface area contributed by atoms with Gasteiger partial charge in [-0.1, -0.05) is 49.3 Å². The Morgan fingerprint density at radius 1 is 0.971 bits per heavy atom. The Kier molecular flexibility index (Phi) is 7.05. The van der Waals surface area contributed by atoms with Gasteiger partial charge in [0.05, 0.1) is 18.4 Å². The van der Waals surface area contributed by atoms with Gasteiger partial charge < -0.3 is 19.9 Å². The molecule has 10 heteroatoms. The predicted molar refractivity (Wildman–Crippen MR) is 127 cm³/mol. The molecule has 1 saturated heterocycles. The lowest BCUT2D eigenvalue weighted by molar-refractivity contribution is -0.134. The predicted octanol–water partition coefficient (Wildman–Crippen LogP) is 1.77. The summed E-state index contributed by atoms with van der Waals surface area (Å²) in [6.07, 6.45) is 0. The number of nitrogens with one attached hydrogen (secondary N) is 1. The van der Waals surface area contributed by atoms with Gasteiger partial charge in [0.15, 0.2) is 0 Å². The van der Waals surface area contributed by atoms with E-state index in [-0.39, 0.29) is 17.7 Å². The summed E-state index contributed by atoms with van der Waals surface area (Å²) in [6, 6.07) is 16.0. The molecule has 34 heavy (non-hydrogen) atoms. The molecule has 0 bridgehead atoms. The maximum Gasteiger partial charge on any atom is 0.255 e. The molecule has 2 amide bonds. The van der Waals surface area contributed by atoms with Gasteiger partial charge in [0.1, 0.15) is 11.8 Å². The Morgan fingerprint density at radius 2 is 1.65 bits per heavy atom. The van der Waals surface area contributed by atoms with E-state index in [2.05, 4.69) is 25.7 Å². The van der Waals surface area contributed by atoms with Crippen LogP contribution in [0.25, 0.3) is 5.69 Å². The third kappa shape index (κ3) is 4.85. The normalized spacial score (nSPS) is 14.7. The fraction of sp³-hybridized carbons (Fsp3) is 0.375. The summed E-state index contributed by atoms with van der Waals surface area (Å²) in [5.74, 6) is 0.614. The molecule has 1 fully saturated rings. The van der Waals surface area contributed by atoms with Crippen molar-refractivity contribution in [1.29, 1.82) is 0 Å². The number of tetrazole rings is 1. The highest BCUT2D eigenvalue weighted by atomic mass is 16.5. The Morgan fingerprint density at radius 3 is 2.32 bits per heavy atom. The van der Waals surface area contributed by atoms with Crippen LogP contribution in [0.15, 0.2) is 54.6 Å². The summed E-state index contributed by atoms with van der Waals surface area (Å²) in [5, 5.41) is 15.1. The van der Waals surface area contributed by atoms with Gasteiger partial charge in [-0.2, -0.15) is 4.68 Å². The second kappa shape index (κ2) is 10.3. The number of ether oxygens (including phenoxy) is 1. The smallest absolute Gasteiger partial charge is 0.255 e. The van der Waals surface area contributed by atoms with E-state index >= 15 is 0 Å². The summed E-state index contributed by atoms with van der Waals surface area (Å²) < 4.78 is 6.99. The summed E-state index contributed by atoms with van der Waals surface area (Å²) in [7, 11) is 1.52. The molecule has 0 saturated carbocycles. The first-order valence-electron chi connectivity index (χ1n) is 11.3. The number of rotatable bonds is 7. The lowest BCUT2D eigenvalue weighted by Crippen LogP contribution is -2.56. The van der Waals surface area contributed by atoms with Gasteiger partial charge in [0.25, 0.3) is 5.91 Å². The van der Waals surface area contributed by atoms with E-state index in [1.165, 1.54) is 7.11 Å². The minimum atomic E-state index is -0.640. The molecular weight excluding hydrogens is 434 g/mol. The van der Waals surface area contributed by atoms with Crippen LogP contribution in [0, 0.1) is 5.92 Å². The van der Waals surface area contributed by atoms with Crippen LogP contribution < -0.4 is 15.0 Å². The Balaban J connectivity index is 1.42. The van der Waals surface area contributed by atoms with Crippen LogP contribution in [0.4, 0.5) is 5.95 Å². The van der Waals surface area contributed by atoms with Crippen molar-refractivity contribution in [2.45, 2.75) is 19.9 Å². The number of piperazine rings is 1. The maximum atomic E-state index is 13.4. The lowest BCUT2D eigenvalue weighted by atomic mass is 10.0. The molecule has 1 atom stereocenters. The first kappa shape index (κ1) is 23.2. The van der Waals surface area contributed by atoms with E-state index in [1.807, 2.05) is 44.2 Å². The van der Waals surface area contributed by atoms with Gasteiger partial charge in [-0.3, -0.25) is 9.59 Å². The molecular formula is C24H29N7O3. The van der Waals surface area contributed by atoms with Gasteiger partial charge in [-0.15, -0.1) is 0 Å². The highest BCUT2D eigenvalue weighted by molar-refractivity contribution is 5.99.